The molecule has 1 aromatic carbocycles. The summed E-state index contributed by atoms with van der Waals surface area (Å²) in [5.74, 6) is -1.42. The van der Waals surface area contributed by atoms with Crippen molar-refractivity contribution >= 4 is 17.5 Å². The molecule has 1 aliphatic heterocycles. The summed E-state index contributed by atoms with van der Waals surface area (Å²) < 4.78 is 17.0. The molecule has 7 heteroatoms. The highest BCUT2D eigenvalue weighted by molar-refractivity contribution is 6.39. The summed E-state index contributed by atoms with van der Waals surface area (Å²) in [7, 11) is 1.51. The first-order valence-electron chi connectivity index (χ1n) is 9.07. The second-order valence-corrected chi connectivity index (χ2v) is 6.89. The number of carbonyl (C=O) groups is 2. The Kier molecular flexibility index (Phi) is 5.78. The second kappa shape index (κ2) is 8.05. The molecule has 1 aromatic rings. The second-order valence-electron chi connectivity index (χ2n) is 6.89. The lowest BCUT2D eigenvalue weighted by molar-refractivity contribution is -0.186. The maximum Gasteiger partial charge on any atom is 0.313 e. The van der Waals surface area contributed by atoms with Crippen LogP contribution in [-0.4, -0.2) is 44.0 Å². The number of rotatable bonds is 4. The van der Waals surface area contributed by atoms with Crippen molar-refractivity contribution in [2.24, 2.45) is 0 Å². The molecule has 1 heterocycles. The predicted octanol–water partition coefficient (Wildman–Crippen LogP) is 2.13. The molecule has 1 unspecified atom stereocenters. The van der Waals surface area contributed by atoms with E-state index >= 15 is 0 Å². The van der Waals surface area contributed by atoms with Crippen molar-refractivity contribution < 1.29 is 23.8 Å². The van der Waals surface area contributed by atoms with Gasteiger partial charge in [-0.3, -0.25) is 9.59 Å². The van der Waals surface area contributed by atoms with Crippen LogP contribution in [0, 0.1) is 6.92 Å². The molecule has 142 valence electrons. The van der Waals surface area contributed by atoms with Gasteiger partial charge in [0.2, 0.25) is 0 Å². The molecule has 1 spiro atoms. The van der Waals surface area contributed by atoms with Gasteiger partial charge in [0.05, 0.1) is 19.4 Å². The Hall–Kier alpha value is -2.12. The van der Waals surface area contributed by atoms with Crippen LogP contribution in [-0.2, 0) is 19.1 Å². The normalized spacial score (nSPS) is 21.4. The SMILES string of the molecule is COc1ccc(C)cc1NC(=O)C(=O)NCC1COC2(CCCCC2)O1. The molecule has 7 nitrogen and oxygen atoms in total. The molecule has 3 rings (SSSR count). The van der Waals surface area contributed by atoms with E-state index in [0.717, 1.165) is 31.2 Å². The van der Waals surface area contributed by atoms with Crippen molar-refractivity contribution in [1.82, 2.24) is 5.32 Å². The van der Waals surface area contributed by atoms with Crippen LogP contribution in [0.5, 0.6) is 5.75 Å². The van der Waals surface area contributed by atoms with Gasteiger partial charge in [-0.1, -0.05) is 12.5 Å². The molecule has 2 fully saturated rings. The smallest absolute Gasteiger partial charge is 0.313 e. The summed E-state index contributed by atoms with van der Waals surface area (Å²) in [5.41, 5.74) is 1.42. The van der Waals surface area contributed by atoms with E-state index in [1.807, 2.05) is 13.0 Å². The zero-order chi connectivity index (χ0) is 18.6. The molecule has 0 aromatic heterocycles. The maximum absolute atomic E-state index is 12.1. The fraction of sp³-hybridized carbons (Fsp3) is 0.579. The molecule has 0 radical (unpaired) electrons. The minimum Gasteiger partial charge on any atom is -0.495 e. The van der Waals surface area contributed by atoms with Crippen molar-refractivity contribution in [3.8, 4) is 5.75 Å². The number of anilines is 1. The number of amides is 2. The van der Waals surface area contributed by atoms with E-state index in [2.05, 4.69) is 10.6 Å². The van der Waals surface area contributed by atoms with Gasteiger partial charge in [-0.15, -0.1) is 0 Å². The summed E-state index contributed by atoms with van der Waals surface area (Å²) in [6.07, 6.45) is 4.97. The number of nitrogens with one attached hydrogen (secondary N) is 2. The highest BCUT2D eigenvalue weighted by Crippen LogP contribution is 2.37. The highest BCUT2D eigenvalue weighted by Gasteiger charge is 2.42. The fourth-order valence-corrected chi connectivity index (χ4v) is 3.46. The van der Waals surface area contributed by atoms with Crippen LogP contribution < -0.4 is 15.4 Å². The van der Waals surface area contributed by atoms with E-state index < -0.39 is 17.6 Å². The van der Waals surface area contributed by atoms with Gasteiger partial charge in [-0.05, 0) is 37.5 Å². The van der Waals surface area contributed by atoms with Crippen LogP contribution in [0.4, 0.5) is 5.69 Å². The number of methoxy groups -OCH3 is 1. The van der Waals surface area contributed by atoms with Crippen LogP contribution in [0.3, 0.4) is 0 Å². The van der Waals surface area contributed by atoms with Gasteiger partial charge in [-0.2, -0.15) is 0 Å². The van der Waals surface area contributed by atoms with E-state index in [9.17, 15) is 9.59 Å². The number of aryl methyl sites for hydroxylation is 1. The predicted molar refractivity (Wildman–Crippen MR) is 96.0 cm³/mol. The summed E-state index contributed by atoms with van der Waals surface area (Å²) in [4.78, 5) is 24.2. The van der Waals surface area contributed by atoms with Crippen molar-refractivity contribution in [1.29, 1.82) is 0 Å². The van der Waals surface area contributed by atoms with Gasteiger partial charge >= 0.3 is 11.8 Å². The molecule has 2 aliphatic rings. The van der Waals surface area contributed by atoms with E-state index in [1.165, 1.54) is 13.5 Å². The Labute approximate surface area is 153 Å². The maximum atomic E-state index is 12.1. The van der Waals surface area contributed by atoms with Crippen LogP contribution >= 0.6 is 0 Å². The minimum atomic E-state index is -0.736. The van der Waals surface area contributed by atoms with Crippen molar-refractivity contribution in [2.75, 3.05) is 25.6 Å². The summed E-state index contributed by atoms with van der Waals surface area (Å²) in [6.45, 7) is 2.58. The Morgan fingerprint density at radius 2 is 2.00 bits per heavy atom. The van der Waals surface area contributed by atoms with Crippen molar-refractivity contribution in [3.05, 3.63) is 23.8 Å². The van der Waals surface area contributed by atoms with Gasteiger partial charge < -0.3 is 24.8 Å². The van der Waals surface area contributed by atoms with E-state index in [4.69, 9.17) is 14.2 Å². The fourth-order valence-electron chi connectivity index (χ4n) is 3.46. The number of carbonyl (C=O) groups excluding carboxylic acids is 2. The van der Waals surface area contributed by atoms with Crippen LogP contribution in [0.1, 0.15) is 37.7 Å². The largest absolute Gasteiger partial charge is 0.495 e. The summed E-state index contributed by atoms with van der Waals surface area (Å²) >= 11 is 0. The summed E-state index contributed by atoms with van der Waals surface area (Å²) in [6, 6.07) is 5.37. The van der Waals surface area contributed by atoms with E-state index in [-0.39, 0.29) is 12.6 Å². The first kappa shape index (κ1) is 18.7. The lowest BCUT2D eigenvalue weighted by Gasteiger charge is -2.31. The Morgan fingerprint density at radius 1 is 1.23 bits per heavy atom. The molecule has 2 amide bonds. The molecule has 1 atom stereocenters. The summed E-state index contributed by atoms with van der Waals surface area (Å²) in [5, 5.41) is 5.21. The molecular weight excluding hydrogens is 336 g/mol. The number of ether oxygens (including phenoxy) is 3. The van der Waals surface area contributed by atoms with Crippen LogP contribution in [0.2, 0.25) is 0 Å². The van der Waals surface area contributed by atoms with E-state index in [0.29, 0.717) is 18.0 Å². The average Bonchev–Trinajstić information content (AvgIpc) is 3.02. The first-order valence-corrected chi connectivity index (χ1v) is 9.07. The van der Waals surface area contributed by atoms with E-state index in [1.54, 1.807) is 12.1 Å². The molecule has 1 aliphatic carbocycles. The third-order valence-corrected chi connectivity index (χ3v) is 4.83. The van der Waals surface area contributed by atoms with Gasteiger partial charge in [0, 0.05) is 19.4 Å². The van der Waals surface area contributed by atoms with Crippen LogP contribution in [0.15, 0.2) is 18.2 Å². The molecule has 1 saturated heterocycles. The number of hydrogen-bond acceptors (Lipinski definition) is 5. The molecule has 1 saturated carbocycles. The molecule has 2 N–H and O–H groups in total. The third-order valence-electron chi connectivity index (χ3n) is 4.83. The zero-order valence-electron chi connectivity index (χ0n) is 15.3. The average molecular weight is 362 g/mol. The monoisotopic (exact) mass is 362 g/mol. The van der Waals surface area contributed by atoms with Gasteiger partial charge in [0.15, 0.2) is 5.79 Å². The standard InChI is InChI=1S/C19H26N2O5/c1-13-6-7-16(24-2)15(10-13)21-18(23)17(22)20-11-14-12-25-19(26-14)8-4-3-5-9-19/h6-7,10,14H,3-5,8-9,11-12H2,1-2H3,(H,20,22)(H,21,23). The minimum absolute atomic E-state index is 0.224. The number of benzene rings is 1. The number of hydrogen-bond donors (Lipinski definition) is 2. The van der Waals surface area contributed by atoms with Gasteiger partial charge in [-0.25, -0.2) is 0 Å². The highest BCUT2D eigenvalue weighted by atomic mass is 16.7. The molecular formula is C19H26N2O5. The first-order chi connectivity index (χ1) is 12.5. The van der Waals surface area contributed by atoms with Gasteiger partial charge in [0.1, 0.15) is 11.9 Å². The van der Waals surface area contributed by atoms with Crippen molar-refractivity contribution in [2.45, 2.75) is 50.9 Å². The molecule has 0 bridgehead atoms. The van der Waals surface area contributed by atoms with Crippen LogP contribution in [0.25, 0.3) is 0 Å². The third kappa shape index (κ3) is 4.34. The van der Waals surface area contributed by atoms with Crippen molar-refractivity contribution in [3.63, 3.8) is 0 Å². The Bertz CT molecular complexity index is 670. The topological polar surface area (TPSA) is 85.9 Å². The Balaban J connectivity index is 1.49. The zero-order valence-corrected chi connectivity index (χ0v) is 15.3. The lowest BCUT2D eigenvalue weighted by atomic mass is 9.94. The Morgan fingerprint density at radius 3 is 2.73 bits per heavy atom. The molecule has 26 heavy (non-hydrogen) atoms. The quantitative estimate of drug-likeness (QED) is 0.802. The lowest BCUT2D eigenvalue weighted by Crippen LogP contribution is -2.41. The van der Waals surface area contributed by atoms with Gasteiger partial charge in [0.25, 0.3) is 0 Å².